The van der Waals surface area contributed by atoms with Crippen LogP contribution in [-0.4, -0.2) is 25.2 Å². The number of carbonyl (C=O) groups excluding carboxylic acids is 2. The molecule has 0 radical (unpaired) electrons. The Balaban J connectivity index is 1.32. The van der Waals surface area contributed by atoms with Gasteiger partial charge >= 0.3 is 0 Å². The molecule has 160 valence electrons. The number of ether oxygens (including phenoxy) is 3. The highest BCUT2D eigenvalue weighted by Gasteiger charge is 2.31. The number of anilines is 1. The molecule has 7 nitrogen and oxygen atoms in total. The summed E-state index contributed by atoms with van der Waals surface area (Å²) in [6.45, 7) is 0.376. The number of para-hydroxylation sites is 2. The number of amides is 2. The quantitative estimate of drug-likeness (QED) is 0.630. The van der Waals surface area contributed by atoms with Crippen LogP contribution in [0, 0.1) is 0 Å². The van der Waals surface area contributed by atoms with Gasteiger partial charge in [-0.25, -0.2) is 0 Å². The Bertz CT molecular complexity index is 1210. The largest absolute Gasteiger partial charge is 0.454 e. The molecular weight excluding hydrogens is 408 g/mol. The standard InChI is InChI=1S/C25H20N2O5/c28-24(26-14-18-10-11-21-22(13-18)31-16-30-21)15-27-19-8-4-5-9-20(19)32-23(25(27)29)12-17-6-2-1-3-7-17/h1-13H,14-16H2,(H,26,28)/b23-12+. The highest BCUT2D eigenvalue weighted by atomic mass is 16.7. The summed E-state index contributed by atoms with van der Waals surface area (Å²) in [4.78, 5) is 27.3. The van der Waals surface area contributed by atoms with Crippen molar-refractivity contribution in [3.63, 3.8) is 0 Å². The van der Waals surface area contributed by atoms with Crippen molar-refractivity contribution in [1.82, 2.24) is 5.32 Å². The zero-order valence-corrected chi connectivity index (χ0v) is 17.1. The first-order chi connectivity index (χ1) is 15.7. The number of rotatable bonds is 5. The zero-order valence-electron chi connectivity index (χ0n) is 17.1. The van der Waals surface area contributed by atoms with Gasteiger partial charge in [0.2, 0.25) is 12.7 Å². The van der Waals surface area contributed by atoms with Gasteiger partial charge in [0, 0.05) is 6.54 Å². The van der Waals surface area contributed by atoms with E-state index >= 15 is 0 Å². The maximum atomic E-state index is 13.2. The second-order valence-electron chi connectivity index (χ2n) is 7.34. The molecule has 2 heterocycles. The predicted octanol–water partition coefficient (Wildman–Crippen LogP) is 3.50. The van der Waals surface area contributed by atoms with Crippen LogP contribution in [0.2, 0.25) is 0 Å². The zero-order chi connectivity index (χ0) is 21.9. The van der Waals surface area contributed by atoms with E-state index in [1.54, 1.807) is 24.3 Å². The highest BCUT2D eigenvalue weighted by molar-refractivity contribution is 6.12. The molecule has 0 aromatic heterocycles. The molecule has 0 fully saturated rings. The van der Waals surface area contributed by atoms with Gasteiger partial charge in [-0.15, -0.1) is 0 Å². The van der Waals surface area contributed by atoms with Crippen molar-refractivity contribution < 1.29 is 23.8 Å². The van der Waals surface area contributed by atoms with Gasteiger partial charge in [0.05, 0.1) is 5.69 Å². The first-order valence-corrected chi connectivity index (χ1v) is 10.2. The van der Waals surface area contributed by atoms with Crippen LogP contribution in [0.3, 0.4) is 0 Å². The Hall–Kier alpha value is -4.26. The first kappa shape index (κ1) is 19.7. The number of hydrogen-bond donors (Lipinski definition) is 1. The lowest BCUT2D eigenvalue weighted by molar-refractivity contribution is -0.123. The molecule has 3 aromatic carbocycles. The second kappa shape index (κ2) is 8.47. The normalized spacial score (nSPS) is 15.3. The van der Waals surface area contributed by atoms with Crippen molar-refractivity contribution in [3.8, 4) is 17.2 Å². The summed E-state index contributed by atoms with van der Waals surface area (Å²) in [7, 11) is 0. The Morgan fingerprint density at radius 1 is 0.938 bits per heavy atom. The molecule has 0 bridgehead atoms. The van der Waals surface area contributed by atoms with Gasteiger partial charge in [0.1, 0.15) is 6.54 Å². The number of nitrogens with one attached hydrogen (secondary N) is 1. The van der Waals surface area contributed by atoms with Gasteiger partial charge in [-0.3, -0.25) is 14.5 Å². The fourth-order valence-corrected chi connectivity index (χ4v) is 3.57. The number of nitrogens with zero attached hydrogens (tertiary/aromatic N) is 1. The van der Waals surface area contributed by atoms with E-state index in [1.165, 1.54) is 4.90 Å². The Morgan fingerprint density at radius 3 is 2.59 bits per heavy atom. The lowest BCUT2D eigenvalue weighted by Gasteiger charge is -2.30. The van der Waals surface area contributed by atoms with Gasteiger partial charge in [-0.05, 0) is 41.5 Å². The molecule has 0 saturated heterocycles. The predicted molar refractivity (Wildman–Crippen MR) is 118 cm³/mol. The van der Waals surface area contributed by atoms with Gasteiger partial charge in [-0.2, -0.15) is 0 Å². The topological polar surface area (TPSA) is 77.1 Å². The molecule has 2 aliphatic rings. The second-order valence-corrected chi connectivity index (χ2v) is 7.34. The molecule has 0 saturated carbocycles. The van der Waals surface area contributed by atoms with Crippen LogP contribution < -0.4 is 24.4 Å². The molecule has 0 spiro atoms. The maximum Gasteiger partial charge on any atom is 0.294 e. The summed E-state index contributed by atoms with van der Waals surface area (Å²) >= 11 is 0. The van der Waals surface area contributed by atoms with E-state index in [4.69, 9.17) is 14.2 Å². The van der Waals surface area contributed by atoms with Crippen molar-refractivity contribution in [3.05, 3.63) is 89.7 Å². The molecule has 32 heavy (non-hydrogen) atoms. The third kappa shape index (κ3) is 4.00. The van der Waals surface area contributed by atoms with Crippen LogP contribution in [0.15, 0.2) is 78.6 Å². The summed E-state index contributed by atoms with van der Waals surface area (Å²) in [6.07, 6.45) is 1.68. The first-order valence-electron chi connectivity index (χ1n) is 10.2. The fraction of sp³-hybridized carbons (Fsp3) is 0.120. The van der Waals surface area contributed by atoms with E-state index in [0.717, 1.165) is 11.1 Å². The monoisotopic (exact) mass is 428 g/mol. The smallest absolute Gasteiger partial charge is 0.294 e. The van der Waals surface area contributed by atoms with Gasteiger partial charge < -0.3 is 19.5 Å². The number of hydrogen-bond acceptors (Lipinski definition) is 5. The van der Waals surface area contributed by atoms with E-state index in [0.29, 0.717) is 29.5 Å². The van der Waals surface area contributed by atoms with Crippen molar-refractivity contribution in [2.24, 2.45) is 0 Å². The summed E-state index contributed by atoms with van der Waals surface area (Å²) in [6, 6.07) is 22.1. The summed E-state index contributed by atoms with van der Waals surface area (Å²) in [5.41, 5.74) is 2.27. The minimum Gasteiger partial charge on any atom is -0.454 e. The molecule has 0 atom stereocenters. The Morgan fingerprint density at radius 2 is 1.72 bits per heavy atom. The Kier molecular flexibility index (Phi) is 5.21. The molecule has 0 unspecified atom stereocenters. The Labute approximate surface area is 184 Å². The number of benzene rings is 3. The van der Waals surface area contributed by atoms with Crippen molar-refractivity contribution in [2.75, 3.05) is 18.2 Å². The van der Waals surface area contributed by atoms with Crippen molar-refractivity contribution >= 4 is 23.6 Å². The van der Waals surface area contributed by atoms with Crippen LogP contribution in [0.1, 0.15) is 11.1 Å². The van der Waals surface area contributed by atoms with Crippen LogP contribution in [0.5, 0.6) is 17.2 Å². The summed E-state index contributed by atoms with van der Waals surface area (Å²) in [5, 5.41) is 2.86. The van der Waals surface area contributed by atoms with E-state index in [9.17, 15) is 9.59 Å². The van der Waals surface area contributed by atoms with E-state index in [1.807, 2.05) is 54.6 Å². The van der Waals surface area contributed by atoms with Gasteiger partial charge in [0.15, 0.2) is 23.0 Å². The number of fused-ring (bicyclic) bond motifs is 2. The van der Waals surface area contributed by atoms with E-state index < -0.39 is 0 Å². The van der Waals surface area contributed by atoms with Crippen LogP contribution in [-0.2, 0) is 16.1 Å². The van der Waals surface area contributed by atoms with E-state index in [2.05, 4.69) is 5.32 Å². The van der Waals surface area contributed by atoms with Crippen LogP contribution in [0.25, 0.3) is 6.08 Å². The van der Waals surface area contributed by atoms with Gasteiger partial charge in [0.25, 0.3) is 5.91 Å². The molecule has 3 aromatic rings. The summed E-state index contributed by atoms with van der Waals surface area (Å²) < 4.78 is 16.5. The maximum absolute atomic E-state index is 13.2. The third-order valence-electron chi connectivity index (χ3n) is 5.16. The molecule has 5 rings (SSSR count). The van der Waals surface area contributed by atoms with E-state index in [-0.39, 0.29) is 30.9 Å². The van der Waals surface area contributed by atoms with Crippen molar-refractivity contribution in [1.29, 1.82) is 0 Å². The molecule has 7 heteroatoms. The average Bonchev–Trinajstić information content (AvgIpc) is 3.29. The van der Waals surface area contributed by atoms with Crippen LogP contribution in [0.4, 0.5) is 5.69 Å². The SMILES string of the molecule is O=C(CN1C(=O)/C(=C\c2ccccc2)Oc2ccccc21)NCc1ccc2c(c1)OCO2. The number of carbonyl (C=O) groups is 2. The lowest BCUT2D eigenvalue weighted by atomic mass is 10.1. The lowest BCUT2D eigenvalue weighted by Crippen LogP contribution is -2.44. The highest BCUT2D eigenvalue weighted by Crippen LogP contribution is 2.35. The van der Waals surface area contributed by atoms with Crippen LogP contribution >= 0.6 is 0 Å². The van der Waals surface area contributed by atoms with Crippen molar-refractivity contribution in [2.45, 2.75) is 6.54 Å². The average molecular weight is 428 g/mol. The molecule has 2 aliphatic heterocycles. The molecule has 1 N–H and O–H groups in total. The minimum atomic E-state index is -0.370. The van der Waals surface area contributed by atoms with Gasteiger partial charge in [-0.1, -0.05) is 48.5 Å². The molecule has 2 amide bonds. The fourth-order valence-electron chi connectivity index (χ4n) is 3.57. The third-order valence-corrected chi connectivity index (χ3v) is 5.16. The minimum absolute atomic E-state index is 0.129. The molecular formula is C25H20N2O5. The summed E-state index contributed by atoms with van der Waals surface area (Å²) in [5.74, 6) is 1.38. The molecule has 0 aliphatic carbocycles.